The van der Waals surface area contributed by atoms with E-state index < -0.39 is 0 Å². The molecule has 20 heavy (non-hydrogen) atoms. The first-order chi connectivity index (χ1) is 9.72. The minimum absolute atomic E-state index is 0.0265. The molecule has 4 nitrogen and oxygen atoms in total. The molecule has 0 spiro atoms. The van der Waals surface area contributed by atoms with E-state index in [1.165, 1.54) is 0 Å². The van der Waals surface area contributed by atoms with Gasteiger partial charge in [0.15, 0.2) is 0 Å². The molecule has 3 N–H and O–H groups in total. The maximum absolute atomic E-state index is 12.4. The molecule has 1 aliphatic rings. The highest BCUT2D eigenvalue weighted by molar-refractivity contribution is 5.79. The molecule has 0 bridgehead atoms. The molecule has 110 valence electrons. The Morgan fingerprint density at radius 1 is 1.45 bits per heavy atom. The second-order valence-corrected chi connectivity index (χ2v) is 5.36. The zero-order chi connectivity index (χ0) is 14.4. The van der Waals surface area contributed by atoms with Crippen LogP contribution in [0.1, 0.15) is 37.9 Å². The summed E-state index contributed by atoms with van der Waals surface area (Å²) in [5.41, 5.74) is 6.93. The van der Waals surface area contributed by atoms with Crippen molar-refractivity contribution < 1.29 is 9.53 Å². The number of hydrogen-bond donors (Lipinski definition) is 2. The molecule has 1 aromatic rings. The number of carbonyl (C=O) groups excluding carboxylic acids is 1. The minimum atomic E-state index is -0.136. The molecule has 0 radical (unpaired) electrons. The van der Waals surface area contributed by atoms with Gasteiger partial charge in [-0.1, -0.05) is 37.3 Å². The average molecular weight is 276 g/mol. The Labute approximate surface area is 120 Å². The van der Waals surface area contributed by atoms with Crippen molar-refractivity contribution in [2.24, 2.45) is 11.7 Å². The van der Waals surface area contributed by atoms with E-state index in [0.717, 1.165) is 31.4 Å². The van der Waals surface area contributed by atoms with Crippen LogP contribution in [0.4, 0.5) is 0 Å². The van der Waals surface area contributed by atoms with Gasteiger partial charge in [0.2, 0.25) is 5.91 Å². The molecule has 1 aromatic carbocycles. The summed E-state index contributed by atoms with van der Waals surface area (Å²) in [6.45, 7) is 3.28. The van der Waals surface area contributed by atoms with Crippen LogP contribution >= 0.6 is 0 Å². The number of hydrogen-bond acceptors (Lipinski definition) is 3. The fourth-order valence-corrected chi connectivity index (χ4v) is 2.53. The van der Waals surface area contributed by atoms with Crippen molar-refractivity contribution in [3.8, 4) is 0 Å². The Bertz CT molecular complexity index is 422. The van der Waals surface area contributed by atoms with Crippen LogP contribution in [-0.2, 0) is 9.53 Å². The summed E-state index contributed by atoms with van der Waals surface area (Å²) >= 11 is 0. The maximum atomic E-state index is 12.4. The number of benzene rings is 1. The minimum Gasteiger partial charge on any atom is -0.373 e. The normalized spacial score (nSPS) is 24.1. The molecule has 1 saturated heterocycles. The summed E-state index contributed by atoms with van der Waals surface area (Å²) in [6, 6.07) is 10.0. The first kappa shape index (κ1) is 15.0. The smallest absolute Gasteiger partial charge is 0.226 e. The third kappa shape index (κ3) is 3.81. The van der Waals surface area contributed by atoms with Crippen molar-refractivity contribution in [3.63, 3.8) is 0 Å². The van der Waals surface area contributed by atoms with Crippen molar-refractivity contribution in [2.75, 3.05) is 13.2 Å². The van der Waals surface area contributed by atoms with Crippen LogP contribution in [0.5, 0.6) is 0 Å². The van der Waals surface area contributed by atoms with Crippen LogP contribution in [0.2, 0.25) is 0 Å². The van der Waals surface area contributed by atoms with Gasteiger partial charge in [-0.05, 0) is 24.8 Å². The lowest BCUT2D eigenvalue weighted by molar-refractivity contribution is -0.134. The number of amides is 1. The van der Waals surface area contributed by atoms with Gasteiger partial charge in [0.05, 0.1) is 12.0 Å². The largest absolute Gasteiger partial charge is 0.373 e. The van der Waals surface area contributed by atoms with Crippen molar-refractivity contribution in [1.29, 1.82) is 0 Å². The molecule has 3 unspecified atom stereocenters. The first-order valence-electron chi connectivity index (χ1n) is 7.42. The lowest BCUT2D eigenvalue weighted by Gasteiger charge is -2.31. The van der Waals surface area contributed by atoms with Crippen molar-refractivity contribution in [3.05, 3.63) is 35.9 Å². The Hall–Kier alpha value is -1.39. The van der Waals surface area contributed by atoms with E-state index in [1.54, 1.807) is 0 Å². The third-order valence-corrected chi connectivity index (χ3v) is 3.85. The first-order valence-corrected chi connectivity index (χ1v) is 7.42. The lowest BCUT2D eigenvalue weighted by Crippen LogP contribution is -2.42. The topological polar surface area (TPSA) is 64.3 Å². The van der Waals surface area contributed by atoms with Gasteiger partial charge in [-0.2, -0.15) is 0 Å². The Morgan fingerprint density at radius 2 is 2.20 bits per heavy atom. The van der Waals surface area contributed by atoms with Gasteiger partial charge in [-0.15, -0.1) is 0 Å². The molecule has 0 saturated carbocycles. The number of nitrogens with one attached hydrogen (secondary N) is 1. The van der Waals surface area contributed by atoms with E-state index in [0.29, 0.717) is 6.54 Å². The van der Waals surface area contributed by atoms with Gasteiger partial charge in [0.1, 0.15) is 0 Å². The molecule has 2 rings (SSSR count). The molecule has 1 heterocycles. The van der Waals surface area contributed by atoms with Crippen molar-refractivity contribution in [1.82, 2.24) is 5.32 Å². The monoisotopic (exact) mass is 276 g/mol. The lowest BCUT2D eigenvalue weighted by atomic mass is 9.88. The Balaban J connectivity index is 2.01. The molecule has 1 fully saturated rings. The summed E-state index contributed by atoms with van der Waals surface area (Å²) in [7, 11) is 0. The van der Waals surface area contributed by atoms with E-state index in [1.807, 2.05) is 37.3 Å². The predicted molar refractivity (Wildman–Crippen MR) is 79.1 cm³/mol. The van der Waals surface area contributed by atoms with Gasteiger partial charge < -0.3 is 15.8 Å². The number of carbonyl (C=O) groups is 1. The van der Waals surface area contributed by atoms with Gasteiger partial charge in [0.25, 0.3) is 0 Å². The molecule has 1 aliphatic heterocycles. The van der Waals surface area contributed by atoms with E-state index in [-0.39, 0.29) is 24.0 Å². The van der Waals surface area contributed by atoms with Crippen molar-refractivity contribution in [2.45, 2.75) is 38.3 Å². The molecule has 0 aliphatic carbocycles. The second-order valence-electron chi connectivity index (χ2n) is 5.36. The summed E-state index contributed by atoms with van der Waals surface area (Å²) in [5, 5.41) is 2.96. The molecular weight excluding hydrogens is 252 g/mol. The molecule has 3 atom stereocenters. The standard InChI is InChI=1S/C16H24N2O2/c1-2-13(17)11-18-16(19)14-9-6-10-20-15(14)12-7-4-3-5-8-12/h3-5,7-8,13-15H,2,6,9-11,17H2,1H3,(H,18,19). The van der Waals surface area contributed by atoms with Crippen LogP contribution in [0, 0.1) is 5.92 Å². The quantitative estimate of drug-likeness (QED) is 0.864. The van der Waals surface area contributed by atoms with Crippen LogP contribution < -0.4 is 11.1 Å². The summed E-state index contributed by atoms with van der Waals surface area (Å²) in [4.78, 5) is 12.4. The van der Waals surface area contributed by atoms with E-state index in [2.05, 4.69) is 5.32 Å². The average Bonchev–Trinajstić information content (AvgIpc) is 2.53. The Kier molecular flexibility index (Phi) is 5.56. The predicted octanol–water partition coefficient (Wildman–Crippen LogP) is 2.01. The van der Waals surface area contributed by atoms with Gasteiger partial charge >= 0.3 is 0 Å². The summed E-state index contributed by atoms with van der Waals surface area (Å²) in [6.07, 6.45) is 2.53. The third-order valence-electron chi connectivity index (χ3n) is 3.85. The summed E-state index contributed by atoms with van der Waals surface area (Å²) < 4.78 is 5.84. The van der Waals surface area contributed by atoms with E-state index >= 15 is 0 Å². The number of nitrogens with two attached hydrogens (primary N) is 1. The van der Waals surface area contributed by atoms with Crippen LogP contribution in [0.3, 0.4) is 0 Å². The zero-order valence-electron chi connectivity index (χ0n) is 12.0. The SMILES string of the molecule is CCC(N)CNC(=O)C1CCCOC1c1ccccc1. The summed E-state index contributed by atoms with van der Waals surface area (Å²) in [5.74, 6) is -0.0577. The van der Waals surface area contributed by atoms with Crippen LogP contribution in [0.15, 0.2) is 30.3 Å². The number of rotatable bonds is 5. The molecule has 4 heteroatoms. The van der Waals surface area contributed by atoms with E-state index in [9.17, 15) is 4.79 Å². The van der Waals surface area contributed by atoms with Crippen LogP contribution in [-0.4, -0.2) is 25.1 Å². The van der Waals surface area contributed by atoms with Gasteiger partial charge in [-0.25, -0.2) is 0 Å². The highest BCUT2D eigenvalue weighted by atomic mass is 16.5. The van der Waals surface area contributed by atoms with Crippen molar-refractivity contribution >= 4 is 5.91 Å². The Morgan fingerprint density at radius 3 is 2.90 bits per heavy atom. The van der Waals surface area contributed by atoms with E-state index in [4.69, 9.17) is 10.5 Å². The zero-order valence-corrected chi connectivity index (χ0v) is 12.0. The molecule has 1 amide bonds. The highest BCUT2D eigenvalue weighted by Crippen LogP contribution is 2.33. The number of ether oxygens (including phenoxy) is 1. The van der Waals surface area contributed by atoms with Gasteiger partial charge in [-0.3, -0.25) is 4.79 Å². The maximum Gasteiger partial charge on any atom is 0.226 e. The molecule has 0 aromatic heterocycles. The fraction of sp³-hybridized carbons (Fsp3) is 0.562. The van der Waals surface area contributed by atoms with Crippen LogP contribution in [0.25, 0.3) is 0 Å². The second kappa shape index (κ2) is 7.41. The van der Waals surface area contributed by atoms with Gasteiger partial charge in [0, 0.05) is 19.2 Å². The fourth-order valence-electron chi connectivity index (χ4n) is 2.53. The highest BCUT2D eigenvalue weighted by Gasteiger charge is 2.32. The molecular formula is C16H24N2O2.